The van der Waals surface area contributed by atoms with Crippen molar-refractivity contribution in [2.45, 2.75) is 24.6 Å². The Morgan fingerprint density at radius 1 is 1.09 bits per heavy atom. The molecular weight excluding hydrogens is 416 g/mol. The van der Waals surface area contributed by atoms with E-state index in [1.165, 1.54) is 0 Å². The van der Waals surface area contributed by atoms with Gasteiger partial charge in [0.25, 0.3) is 5.91 Å². The molecule has 33 heavy (non-hydrogen) atoms. The Morgan fingerprint density at radius 2 is 1.94 bits per heavy atom. The lowest BCUT2D eigenvalue weighted by Gasteiger charge is -2.42. The lowest BCUT2D eigenvalue weighted by molar-refractivity contribution is -0.173. The van der Waals surface area contributed by atoms with Gasteiger partial charge in [0, 0.05) is 62.8 Å². The van der Waals surface area contributed by atoms with Gasteiger partial charge in [-0.3, -0.25) is 14.7 Å². The highest BCUT2D eigenvalue weighted by Gasteiger charge is 2.57. The van der Waals surface area contributed by atoms with Crippen molar-refractivity contribution in [3.63, 3.8) is 0 Å². The molecule has 4 heterocycles. The van der Waals surface area contributed by atoms with Gasteiger partial charge in [0.15, 0.2) is 5.60 Å². The van der Waals surface area contributed by atoms with Gasteiger partial charge in [-0.1, -0.05) is 42.5 Å². The number of amides is 1. The summed E-state index contributed by atoms with van der Waals surface area (Å²) in [6.07, 6.45) is 5.34. The van der Waals surface area contributed by atoms with E-state index >= 15 is 0 Å². The van der Waals surface area contributed by atoms with Gasteiger partial charge in [0.05, 0.1) is 13.7 Å². The second-order valence-electron chi connectivity index (χ2n) is 8.63. The van der Waals surface area contributed by atoms with Crippen LogP contribution in [0, 0.1) is 0 Å². The Morgan fingerprint density at radius 3 is 2.73 bits per heavy atom. The number of ether oxygens (including phenoxy) is 2. The molecule has 0 bridgehead atoms. The van der Waals surface area contributed by atoms with Crippen LogP contribution in [-0.4, -0.2) is 64.6 Å². The van der Waals surface area contributed by atoms with Gasteiger partial charge in [0.1, 0.15) is 0 Å². The first-order valence-electron chi connectivity index (χ1n) is 11.3. The third-order valence-electron chi connectivity index (χ3n) is 6.57. The van der Waals surface area contributed by atoms with Gasteiger partial charge >= 0.3 is 0 Å². The van der Waals surface area contributed by atoms with Crippen molar-refractivity contribution < 1.29 is 14.3 Å². The van der Waals surface area contributed by atoms with E-state index in [0.29, 0.717) is 45.2 Å². The first-order chi connectivity index (χ1) is 16.2. The van der Waals surface area contributed by atoms with Crippen molar-refractivity contribution in [1.29, 1.82) is 0 Å². The highest BCUT2D eigenvalue weighted by atomic mass is 16.5. The highest BCUT2D eigenvalue weighted by Crippen LogP contribution is 2.42. The molecule has 1 amide bonds. The largest absolute Gasteiger partial charge is 0.481 e. The summed E-state index contributed by atoms with van der Waals surface area (Å²) < 4.78 is 11.8. The van der Waals surface area contributed by atoms with Crippen LogP contribution >= 0.6 is 0 Å². The number of rotatable bonds is 6. The van der Waals surface area contributed by atoms with Gasteiger partial charge < -0.3 is 14.4 Å². The van der Waals surface area contributed by atoms with Crippen LogP contribution in [-0.2, 0) is 22.6 Å². The minimum atomic E-state index is -0.939. The van der Waals surface area contributed by atoms with Crippen LogP contribution in [0.3, 0.4) is 0 Å². The molecule has 2 saturated heterocycles. The molecule has 7 heteroatoms. The summed E-state index contributed by atoms with van der Waals surface area (Å²) in [5, 5.41) is 0. The molecule has 0 unspecified atom stereocenters. The van der Waals surface area contributed by atoms with Crippen LogP contribution in [0.15, 0.2) is 73.2 Å². The number of aromatic nitrogens is 2. The van der Waals surface area contributed by atoms with Crippen LogP contribution < -0.4 is 4.74 Å². The first kappa shape index (κ1) is 21.6. The van der Waals surface area contributed by atoms with Gasteiger partial charge in [-0.25, -0.2) is 4.98 Å². The van der Waals surface area contributed by atoms with Crippen LogP contribution in [0.25, 0.3) is 0 Å². The standard InChI is InChI=1S/C26H28N4O3/c1-32-24-22(10-6-12-28-24)17-29-18-23(21-9-5-11-27-15-21)26(19-29)25(31)30(13-14-33-26)16-20-7-3-2-4-8-20/h2-12,15,23H,13-14,16-19H2,1H3/t23-,26+/m0/s1. The summed E-state index contributed by atoms with van der Waals surface area (Å²) in [5.41, 5.74) is 2.20. The molecule has 2 aromatic heterocycles. The quantitative estimate of drug-likeness (QED) is 0.583. The number of pyridine rings is 2. The topological polar surface area (TPSA) is 67.8 Å². The summed E-state index contributed by atoms with van der Waals surface area (Å²) in [5.74, 6) is 0.546. The monoisotopic (exact) mass is 444 g/mol. The molecule has 2 fully saturated rings. The molecule has 2 atom stereocenters. The molecule has 0 radical (unpaired) electrons. The molecule has 2 aliphatic rings. The number of likely N-dealkylation sites (tertiary alicyclic amines) is 1. The number of nitrogens with zero attached hydrogens (tertiary/aromatic N) is 4. The predicted molar refractivity (Wildman–Crippen MR) is 124 cm³/mol. The van der Waals surface area contributed by atoms with Crippen molar-refractivity contribution in [3.8, 4) is 5.88 Å². The van der Waals surface area contributed by atoms with Gasteiger partial charge in [-0.15, -0.1) is 0 Å². The third-order valence-corrected chi connectivity index (χ3v) is 6.57. The zero-order valence-corrected chi connectivity index (χ0v) is 18.8. The number of morpholine rings is 1. The molecule has 0 aliphatic carbocycles. The number of carbonyl (C=O) groups excluding carboxylic acids is 1. The molecule has 5 rings (SSSR count). The van der Waals surface area contributed by atoms with Crippen LogP contribution in [0.5, 0.6) is 5.88 Å². The van der Waals surface area contributed by atoms with E-state index in [9.17, 15) is 4.79 Å². The number of hydrogen-bond acceptors (Lipinski definition) is 6. The number of methoxy groups -OCH3 is 1. The molecule has 3 aromatic rings. The molecule has 7 nitrogen and oxygen atoms in total. The van der Waals surface area contributed by atoms with E-state index in [2.05, 4.69) is 27.0 Å². The summed E-state index contributed by atoms with van der Waals surface area (Å²) in [4.78, 5) is 26.8. The van der Waals surface area contributed by atoms with Crippen molar-refractivity contribution in [2.75, 3.05) is 33.4 Å². The number of benzene rings is 1. The van der Waals surface area contributed by atoms with Crippen molar-refractivity contribution in [2.24, 2.45) is 0 Å². The second kappa shape index (κ2) is 9.29. The normalized spacial score (nSPS) is 23.2. The van der Waals surface area contributed by atoms with E-state index in [0.717, 1.165) is 16.7 Å². The summed E-state index contributed by atoms with van der Waals surface area (Å²) >= 11 is 0. The zero-order chi connectivity index (χ0) is 22.7. The fraction of sp³-hybridized carbons (Fsp3) is 0.346. The smallest absolute Gasteiger partial charge is 0.257 e. The van der Waals surface area contributed by atoms with Crippen molar-refractivity contribution in [3.05, 3.63) is 89.9 Å². The third kappa shape index (κ3) is 4.21. The Labute approximate surface area is 194 Å². The van der Waals surface area contributed by atoms with Gasteiger partial charge in [-0.05, 0) is 23.3 Å². The average Bonchev–Trinajstić information content (AvgIpc) is 3.22. The summed E-state index contributed by atoms with van der Waals surface area (Å²) in [6.45, 7) is 3.51. The highest BCUT2D eigenvalue weighted by molar-refractivity contribution is 5.88. The lowest BCUT2D eigenvalue weighted by atomic mass is 9.83. The van der Waals surface area contributed by atoms with Crippen LogP contribution in [0.4, 0.5) is 0 Å². The van der Waals surface area contributed by atoms with E-state index in [1.807, 2.05) is 53.6 Å². The lowest BCUT2D eigenvalue weighted by Crippen LogP contribution is -2.59. The first-order valence-corrected chi connectivity index (χ1v) is 11.3. The molecule has 0 saturated carbocycles. The minimum absolute atomic E-state index is 0.0482. The SMILES string of the molecule is COc1ncccc1CN1C[C@@H](c2cccnc2)[C@@]2(C1)OCCN(Cc1ccccc1)C2=O. The fourth-order valence-electron chi connectivity index (χ4n) is 5.05. The van der Waals surface area contributed by atoms with Gasteiger partial charge in [0.2, 0.25) is 5.88 Å². The van der Waals surface area contributed by atoms with E-state index in [1.54, 1.807) is 19.5 Å². The van der Waals surface area contributed by atoms with Crippen LogP contribution in [0.2, 0.25) is 0 Å². The van der Waals surface area contributed by atoms with Crippen molar-refractivity contribution >= 4 is 5.91 Å². The van der Waals surface area contributed by atoms with E-state index < -0.39 is 5.60 Å². The maximum atomic E-state index is 14.0. The second-order valence-corrected chi connectivity index (χ2v) is 8.63. The molecule has 2 aliphatic heterocycles. The molecule has 1 spiro atoms. The van der Waals surface area contributed by atoms with Crippen LogP contribution in [0.1, 0.15) is 22.6 Å². The molecule has 0 N–H and O–H groups in total. The minimum Gasteiger partial charge on any atom is -0.481 e. The molecular formula is C26H28N4O3. The van der Waals surface area contributed by atoms with E-state index in [4.69, 9.17) is 9.47 Å². The predicted octanol–water partition coefficient (Wildman–Crippen LogP) is 2.88. The van der Waals surface area contributed by atoms with Gasteiger partial charge in [-0.2, -0.15) is 0 Å². The maximum Gasteiger partial charge on any atom is 0.257 e. The summed E-state index contributed by atoms with van der Waals surface area (Å²) in [7, 11) is 1.63. The Balaban J connectivity index is 1.45. The Hall–Kier alpha value is -3.29. The molecule has 170 valence electrons. The summed E-state index contributed by atoms with van der Waals surface area (Å²) in [6, 6.07) is 18.0. The Kier molecular flexibility index (Phi) is 6.07. The molecule has 1 aromatic carbocycles. The zero-order valence-electron chi connectivity index (χ0n) is 18.8. The van der Waals surface area contributed by atoms with E-state index in [-0.39, 0.29) is 11.8 Å². The average molecular weight is 445 g/mol. The number of carbonyl (C=O) groups is 1. The number of hydrogen-bond donors (Lipinski definition) is 0. The Bertz CT molecular complexity index is 1090. The van der Waals surface area contributed by atoms with Crippen molar-refractivity contribution in [1.82, 2.24) is 19.8 Å². The maximum absolute atomic E-state index is 14.0. The fourth-order valence-corrected chi connectivity index (χ4v) is 5.05.